The summed E-state index contributed by atoms with van der Waals surface area (Å²) in [4.78, 5) is 45.5. The molecule has 150 valence electrons. The van der Waals surface area contributed by atoms with Crippen LogP contribution in [0.15, 0.2) is 48.7 Å². The zero-order chi connectivity index (χ0) is 20.5. The van der Waals surface area contributed by atoms with Gasteiger partial charge >= 0.3 is 0 Å². The van der Waals surface area contributed by atoms with Gasteiger partial charge in [0.15, 0.2) is 5.78 Å². The Morgan fingerprint density at radius 3 is 2.62 bits per heavy atom. The molecule has 0 radical (unpaired) electrons. The van der Waals surface area contributed by atoms with Gasteiger partial charge in [-0.1, -0.05) is 18.2 Å². The summed E-state index contributed by atoms with van der Waals surface area (Å²) in [6.07, 6.45) is 2.37. The molecule has 0 saturated carbocycles. The normalized spacial score (nSPS) is 21.9. The highest BCUT2D eigenvalue weighted by molar-refractivity contribution is 6.01. The van der Waals surface area contributed by atoms with E-state index in [4.69, 9.17) is 5.73 Å². The molecule has 1 aromatic heterocycles. The third kappa shape index (κ3) is 3.58. The molecular weight excluding hydrogens is 372 g/mol. The fraction of sp³-hybridized carbons (Fsp3) is 0.333. The van der Waals surface area contributed by atoms with E-state index in [2.05, 4.69) is 4.98 Å². The summed E-state index contributed by atoms with van der Waals surface area (Å²) < 4.78 is 0. The second-order valence-electron chi connectivity index (χ2n) is 7.42. The number of hydrogen-bond acceptors (Lipinski definition) is 6. The summed E-state index contributed by atoms with van der Waals surface area (Å²) in [5.41, 5.74) is 7.24. The Kier molecular flexibility index (Phi) is 5.02. The monoisotopic (exact) mass is 394 g/mol. The SMILES string of the molecule is NC(Cc1ccc(O)cc1)C(=O)N1CCC2C1C(=O)CN2C(=O)c1ccccn1. The first-order valence-electron chi connectivity index (χ1n) is 9.54. The lowest BCUT2D eigenvalue weighted by Crippen LogP contribution is -2.50. The number of pyridine rings is 1. The number of carbonyl (C=O) groups excluding carboxylic acids is 3. The van der Waals surface area contributed by atoms with Gasteiger partial charge in [0.2, 0.25) is 5.91 Å². The zero-order valence-electron chi connectivity index (χ0n) is 15.8. The van der Waals surface area contributed by atoms with Gasteiger partial charge in [0.05, 0.1) is 18.6 Å². The largest absolute Gasteiger partial charge is 0.508 e. The second-order valence-corrected chi connectivity index (χ2v) is 7.42. The molecule has 0 aliphatic carbocycles. The van der Waals surface area contributed by atoms with E-state index in [0.717, 1.165) is 5.56 Å². The number of Topliss-reactive ketones (excluding diaryl/α,β-unsaturated/α-hetero) is 1. The minimum atomic E-state index is -0.799. The Balaban J connectivity index is 1.47. The number of aromatic nitrogens is 1. The van der Waals surface area contributed by atoms with Crippen molar-refractivity contribution in [2.45, 2.75) is 31.0 Å². The lowest BCUT2D eigenvalue weighted by atomic mass is 10.0. The van der Waals surface area contributed by atoms with E-state index >= 15 is 0 Å². The number of amides is 2. The molecule has 29 heavy (non-hydrogen) atoms. The lowest BCUT2D eigenvalue weighted by Gasteiger charge is -2.26. The quantitative estimate of drug-likeness (QED) is 0.773. The van der Waals surface area contributed by atoms with E-state index in [1.807, 2.05) is 0 Å². The van der Waals surface area contributed by atoms with Crippen molar-refractivity contribution < 1.29 is 19.5 Å². The maximum Gasteiger partial charge on any atom is 0.273 e. The van der Waals surface area contributed by atoms with Gasteiger partial charge in [0.25, 0.3) is 5.91 Å². The Bertz CT molecular complexity index is 931. The number of hydrogen-bond donors (Lipinski definition) is 2. The predicted octanol–water partition coefficient (Wildman–Crippen LogP) is 0.352. The number of nitrogens with two attached hydrogens (primary N) is 1. The Morgan fingerprint density at radius 2 is 1.93 bits per heavy atom. The molecule has 3 atom stereocenters. The average molecular weight is 394 g/mol. The van der Waals surface area contributed by atoms with Crippen molar-refractivity contribution in [1.29, 1.82) is 0 Å². The van der Waals surface area contributed by atoms with Crippen LogP contribution in [0.3, 0.4) is 0 Å². The summed E-state index contributed by atoms with van der Waals surface area (Å²) in [6, 6.07) is 9.77. The molecule has 1 aromatic carbocycles. The lowest BCUT2D eigenvalue weighted by molar-refractivity contribution is -0.137. The summed E-state index contributed by atoms with van der Waals surface area (Å²) in [5, 5.41) is 9.38. The number of benzene rings is 1. The number of nitrogens with zero attached hydrogens (tertiary/aromatic N) is 3. The van der Waals surface area contributed by atoms with Crippen molar-refractivity contribution in [3.63, 3.8) is 0 Å². The Morgan fingerprint density at radius 1 is 1.17 bits per heavy atom. The van der Waals surface area contributed by atoms with Crippen LogP contribution in [0, 0.1) is 0 Å². The minimum Gasteiger partial charge on any atom is -0.508 e. The van der Waals surface area contributed by atoms with E-state index in [1.165, 1.54) is 16.0 Å². The minimum absolute atomic E-state index is 0.0261. The number of rotatable bonds is 4. The third-order valence-corrected chi connectivity index (χ3v) is 5.56. The molecule has 2 aromatic rings. The first-order valence-corrected chi connectivity index (χ1v) is 9.54. The van der Waals surface area contributed by atoms with Crippen LogP contribution >= 0.6 is 0 Å². The summed E-state index contributed by atoms with van der Waals surface area (Å²) in [6.45, 7) is 0.358. The van der Waals surface area contributed by atoms with Crippen molar-refractivity contribution in [2.75, 3.05) is 13.1 Å². The van der Waals surface area contributed by atoms with E-state index in [0.29, 0.717) is 19.4 Å². The molecule has 2 fully saturated rings. The van der Waals surface area contributed by atoms with Gasteiger partial charge in [-0.05, 0) is 42.7 Å². The average Bonchev–Trinajstić information content (AvgIpc) is 3.30. The molecule has 2 aliphatic rings. The number of phenols is 1. The molecule has 3 N–H and O–H groups in total. The molecule has 8 heteroatoms. The van der Waals surface area contributed by atoms with Gasteiger partial charge in [-0.3, -0.25) is 19.4 Å². The van der Waals surface area contributed by atoms with Crippen LogP contribution in [0.2, 0.25) is 0 Å². The summed E-state index contributed by atoms with van der Waals surface area (Å²) >= 11 is 0. The van der Waals surface area contributed by atoms with Crippen molar-refractivity contribution in [3.8, 4) is 5.75 Å². The molecule has 2 amide bonds. The molecule has 3 unspecified atom stereocenters. The van der Waals surface area contributed by atoms with Crippen molar-refractivity contribution >= 4 is 17.6 Å². The predicted molar refractivity (Wildman–Crippen MR) is 104 cm³/mol. The Labute approximate surface area is 167 Å². The molecule has 8 nitrogen and oxygen atoms in total. The molecule has 0 bridgehead atoms. The second kappa shape index (κ2) is 7.63. The van der Waals surface area contributed by atoms with E-state index in [-0.39, 0.29) is 41.6 Å². The van der Waals surface area contributed by atoms with Gasteiger partial charge in [0, 0.05) is 12.7 Å². The smallest absolute Gasteiger partial charge is 0.273 e. The highest BCUT2D eigenvalue weighted by Gasteiger charge is 2.52. The topological polar surface area (TPSA) is 117 Å². The fourth-order valence-electron chi connectivity index (χ4n) is 4.16. The van der Waals surface area contributed by atoms with Gasteiger partial charge in [-0.15, -0.1) is 0 Å². The molecule has 2 saturated heterocycles. The maximum atomic E-state index is 12.9. The number of likely N-dealkylation sites (tertiary alicyclic amines) is 2. The van der Waals surface area contributed by atoms with Crippen LogP contribution in [-0.4, -0.2) is 68.7 Å². The van der Waals surface area contributed by atoms with Crippen LogP contribution in [0.5, 0.6) is 5.75 Å². The van der Waals surface area contributed by atoms with Gasteiger partial charge < -0.3 is 20.6 Å². The summed E-state index contributed by atoms with van der Waals surface area (Å²) in [7, 11) is 0. The van der Waals surface area contributed by atoms with E-state index < -0.39 is 12.1 Å². The Hall–Kier alpha value is -3.26. The first-order chi connectivity index (χ1) is 14.0. The molecule has 2 aliphatic heterocycles. The van der Waals surface area contributed by atoms with Crippen LogP contribution in [0.25, 0.3) is 0 Å². The van der Waals surface area contributed by atoms with Crippen molar-refractivity contribution in [3.05, 3.63) is 59.9 Å². The molecule has 0 spiro atoms. The molecular formula is C21H22N4O4. The highest BCUT2D eigenvalue weighted by atomic mass is 16.3. The summed E-state index contributed by atoms with van der Waals surface area (Å²) in [5.74, 6) is -0.604. The van der Waals surface area contributed by atoms with Crippen LogP contribution < -0.4 is 5.73 Å². The molecule has 4 rings (SSSR count). The maximum absolute atomic E-state index is 12.9. The highest BCUT2D eigenvalue weighted by Crippen LogP contribution is 2.31. The first kappa shape index (κ1) is 19.1. The van der Waals surface area contributed by atoms with Crippen molar-refractivity contribution in [1.82, 2.24) is 14.8 Å². The van der Waals surface area contributed by atoms with Gasteiger partial charge in [0.1, 0.15) is 17.5 Å². The van der Waals surface area contributed by atoms with Crippen LogP contribution in [0.1, 0.15) is 22.5 Å². The molecule has 3 heterocycles. The van der Waals surface area contributed by atoms with Gasteiger partial charge in [-0.25, -0.2) is 0 Å². The van der Waals surface area contributed by atoms with Crippen LogP contribution in [-0.2, 0) is 16.0 Å². The standard InChI is InChI=1S/C21H22N4O4/c22-15(11-13-4-6-14(26)7-5-13)20(28)24-10-8-17-19(24)18(27)12-25(17)21(29)16-3-1-2-9-23-16/h1-7,9,15,17,19,26H,8,10-12,22H2. The number of ketones is 1. The van der Waals surface area contributed by atoms with Crippen molar-refractivity contribution in [2.24, 2.45) is 5.73 Å². The van der Waals surface area contributed by atoms with E-state index in [1.54, 1.807) is 42.5 Å². The number of fused-ring (bicyclic) bond motifs is 1. The third-order valence-electron chi connectivity index (χ3n) is 5.56. The fourth-order valence-corrected chi connectivity index (χ4v) is 4.16. The number of carbonyl (C=O) groups is 3. The number of phenolic OH excluding ortho intramolecular Hbond substituents is 1. The zero-order valence-corrected chi connectivity index (χ0v) is 15.8. The van der Waals surface area contributed by atoms with E-state index in [9.17, 15) is 19.5 Å². The number of aromatic hydroxyl groups is 1. The van der Waals surface area contributed by atoms with Gasteiger partial charge in [-0.2, -0.15) is 0 Å². The van der Waals surface area contributed by atoms with Crippen LogP contribution in [0.4, 0.5) is 0 Å².